The van der Waals surface area contributed by atoms with Gasteiger partial charge in [0.05, 0.1) is 27.6 Å². The van der Waals surface area contributed by atoms with E-state index in [1.54, 1.807) is 43.7 Å². The summed E-state index contributed by atoms with van der Waals surface area (Å²) in [4.78, 5) is 24.9. The summed E-state index contributed by atoms with van der Waals surface area (Å²) in [5.74, 6) is -1.89. The molecule has 0 bridgehead atoms. The molecule has 1 heterocycles. The largest absolute Gasteiger partial charge is 0.462 e. The van der Waals surface area contributed by atoms with Crippen molar-refractivity contribution in [3.8, 4) is 0 Å². The molecule has 1 amide bonds. The molecule has 188 valence electrons. The van der Waals surface area contributed by atoms with Gasteiger partial charge in [-0.2, -0.15) is 0 Å². The van der Waals surface area contributed by atoms with Crippen molar-refractivity contribution in [3.05, 3.63) is 64.3 Å². The molecule has 8 nitrogen and oxygen atoms in total. The number of sulfone groups is 1. The van der Waals surface area contributed by atoms with E-state index in [1.165, 1.54) is 19.2 Å². The Morgan fingerprint density at radius 2 is 1.77 bits per heavy atom. The number of aromatic nitrogens is 1. The first-order chi connectivity index (χ1) is 16.4. The quantitative estimate of drug-likeness (QED) is 0.428. The van der Waals surface area contributed by atoms with E-state index in [0.29, 0.717) is 16.3 Å². The smallest absolute Gasteiger partial charge is 0.321 e. The Labute approximate surface area is 210 Å². The van der Waals surface area contributed by atoms with Gasteiger partial charge >= 0.3 is 5.97 Å². The third kappa shape index (κ3) is 6.22. The second-order valence-corrected chi connectivity index (χ2v) is 10.9. The van der Waals surface area contributed by atoms with Gasteiger partial charge in [-0.05, 0) is 62.2 Å². The van der Waals surface area contributed by atoms with Crippen LogP contribution in [-0.4, -0.2) is 50.4 Å². The van der Waals surface area contributed by atoms with E-state index in [-0.39, 0.29) is 23.5 Å². The second-order valence-electron chi connectivity index (χ2n) is 8.52. The van der Waals surface area contributed by atoms with Crippen molar-refractivity contribution in [1.29, 1.82) is 0 Å². The number of carbonyl (C=O) groups is 2. The average Bonchev–Trinajstić information content (AvgIpc) is 3.14. The van der Waals surface area contributed by atoms with Crippen molar-refractivity contribution in [2.45, 2.75) is 37.8 Å². The number of halogens is 1. The highest BCUT2D eigenvalue weighted by Crippen LogP contribution is 2.28. The number of aryl methyl sites for hydroxylation is 2. The third-order valence-electron chi connectivity index (χ3n) is 5.76. The summed E-state index contributed by atoms with van der Waals surface area (Å²) in [6, 6.07) is 11.2. The SMILES string of the molecule is CO[C@@H](C)COC(=O)CS(=O)(=O)c1ccc([C@@H](C)NC(=O)c2cc3c(Cl)cc(C)cc3n2C)cc1. The summed E-state index contributed by atoms with van der Waals surface area (Å²) in [6.45, 7) is 5.42. The number of ether oxygens (including phenoxy) is 2. The van der Waals surface area contributed by atoms with Gasteiger partial charge in [0.1, 0.15) is 12.3 Å². The lowest BCUT2D eigenvalue weighted by atomic mass is 10.1. The number of hydrogen-bond donors (Lipinski definition) is 1. The minimum Gasteiger partial charge on any atom is -0.462 e. The molecule has 1 N–H and O–H groups in total. The molecule has 2 aromatic carbocycles. The van der Waals surface area contributed by atoms with Gasteiger partial charge in [-0.25, -0.2) is 8.42 Å². The van der Waals surface area contributed by atoms with Crippen LogP contribution in [0.15, 0.2) is 47.4 Å². The molecule has 0 aliphatic rings. The minimum atomic E-state index is -3.87. The number of rotatable bonds is 9. The molecular formula is C25H29ClN2O6S. The van der Waals surface area contributed by atoms with Crippen molar-refractivity contribution >= 4 is 44.2 Å². The van der Waals surface area contributed by atoms with Gasteiger partial charge in [0, 0.05) is 19.5 Å². The topological polar surface area (TPSA) is 104 Å². The van der Waals surface area contributed by atoms with E-state index in [9.17, 15) is 18.0 Å². The van der Waals surface area contributed by atoms with E-state index in [1.807, 2.05) is 19.1 Å². The van der Waals surface area contributed by atoms with Crippen LogP contribution in [0, 0.1) is 6.92 Å². The Morgan fingerprint density at radius 1 is 1.11 bits per heavy atom. The van der Waals surface area contributed by atoms with Gasteiger partial charge in [0.25, 0.3) is 5.91 Å². The third-order valence-corrected chi connectivity index (χ3v) is 7.68. The fraction of sp³-hybridized carbons (Fsp3) is 0.360. The fourth-order valence-corrected chi connectivity index (χ4v) is 5.05. The van der Waals surface area contributed by atoms with Gasteiger partial charge in [0.2, 0.25) is 0 Å². The van der Waals surface area contributed by atoms with Gasteiger partial charge in [-0.1, -0.05) is 23.7 Å². The van der Waals surface area contributed by atoms with Crippen LogP contribution in [0.3, 0.4) is 0 Å². The number of methoxy groups -OCH3 is 1. The summed E-state index contributed by atoms with van der Waals surface area (Å²) >= 11 is 6.35. The van der Waals surface area contributed by atoms with E-state index in [0.717, 1.165) is 16.5 Å². The lowest BCUT2D eigenvalue weighted by Crippen LogP contribution is -2.28. The van der Waals surface area contributed by atoms with Crippen LogP contribution in [0.4, 0.5) is 0 Å². The van der Waals surface area contributed by atoms with Crippen LogP contribution in [0.1, 0.15) is 41.5 Å². The summed E-state index contributed by atoms with van der Waals surface area (Å²) < 4.78 is 36.8. The number of amides is 1. The van der Waals surface area contributed by atoms with E-state index >= 15 is 0 Å². The van der Waals surface area contributed by atoms with Crippen molar-refractivity contribution in [3.63, 3.8) is 0 Å². The predicted octanol–water partition coefficient (Wildman–Crippen LogP) is 3.98. The molecule has 3 aromatic rings. The maximum Gasteiger partial charge on any atom is 0.321 e. The first kappa shape index (κ1) is 26.7. The molecule has 0 fully saturated rings. The number of benzene rings is 2. The number of esters is 1. The predicted molar refractivity (Wildman–Crippen MR) is 134 cm³/mol. The molecule has 0 aliphatic carbocycles. The monoisotopic (exact) mass is 520 g/mol. The van der Waals surface area contributed by atoms with Gasteiger partial charge in [-0.3, -0.25) is 9.59 Å². The zero-order valence-electron chi connectivity index (χ0n) is 20.3. The maximum atomic E-state index is 13.0. The Morgan fingerprint density at radius 3 is 2.40 bits per heavy atom. The second kappa shape index (κ2) is 10.8. The number of nitrogens with zero attached hydrogens (tertiary/aromatic N) is 1. The Balaban J connectivity index is 1.69. The summed E-state index contributed by atoms with van der Waals surface area (Å²) in [7, 11) is -0.595. The highest BCUT2D eigenvalue weighted by Gasteiger charge is 2.22. The summed E-state index contributed by atoms with van der Waals surface area (Å²) in [6.07, 6.45) is -0.326. The Kier molecular flexibility index (Phi) is 8.25. The summed E-state index contributed by atoms with van der Waals surface area (Å²) in [5.41, 5.74) is 3.02. The zero-order valence-corrected chi connectivity index (χ0v) is 21.9. The number of hydrogen-bond acceptors (Lipinski definition) is 6. The Hall–Kier alpha value is -2.88. The first-order valence-corrected chi connectivity index (χ1v) is 13.0. The van der Waals surface area contributed by atoms with Crippen LogP contribution < -0.4 is 5.32 Å². The molecule has 0 unspecified atom stereocenters. The molecule has 35 heavy (non-hydrogen) atoms. The molecule has 10 heteroatoms. The van der Waals surface area contributed by atoms with Crippen LogP contribution in [0.2, 0.25) is 5.02 Å². The van der Waals surface area contributed by atoms with Crippen molar-refractivity contribution in [2.75, 3.05) is 19.5 Å². The van der Waals surface area contributed by atoms with Gasteiger partial charge in [0.15, 0.2) is 15.6 Å². The van der Waals surface area contributed by atoms with Gasteiger partial charge in [-0.15, -0.1) is 0 Å². The number of nitrogens with one attached hydrogen (secondary N) is 1. The van der Waals surface area contributed by atoms with E-state index in [4.69, 9.17) is 21.1 Å². The molecule has 0 saturated carbocycles. The lowest BCUT2D eigenvalue weighted by molar-refractivity contribution is -0.143. The number of fused-ring (bicyclic) bond motifs is 1. The molecular weight excluding hydrogens is 492 g/mol. The average molecular weight is 521 g/mol. The van der Waals surface area contributed by atoms with Crippen LogP contribution in [0.5, 0.6) is 0 Å². The first-order valence-electron chi connectivity index (χ1n) is 11.0. The molecule has 0 aliphatic heterocycles. The maximum absolute atomic E-state index is 13.0. The van der Waals surface area contributed by atoms with Crippen molar-refractivity contribution < 1.29 is 27.5 Å². The highest BCUT2D eigenvalue weighted by molar-refractivity contribution is 7.92. The molecule has 1 aromatic heterocycles. The molecule has 0 spiro atoms. The lowest BCUT2D eigenvalue weighted by Gasteiger charge is -2.15. The van der Waals surface area contributed by atoms with E-state index < -0.39 is 27.6 Å². The fourth-order valence-electron chi connectivity index (χ4n) is 3.61. The minimum absolute atomic E-state index is 0.00443. The van der Waals surface area contributed by atoms with Crippen LogP contribution >= 0.6 is 11.6 Å². The molecule has 3 rings (SSSR count). The molecule has 2 atom stereocenters. The Bertz CT molecular complexity index is 1350. The normalized spacial score (nSPS) is 13.4. The molecule has 0 saturated heterocycles. The van der Waals surface area contributed by atoms with E-state index in [2.05, 4.69) is 5.32 Å². The van der Waals surface area contributed by atoms with Crippen molar-refractivity contribution in [2.24, 2.45) is 7.05 Å². The van der Waals surface area contributed by atoms with Gasteiger partial charge < -0.3 is 19.4 Å². The standard InChI is InChI=1S/C25H29ClN2O6S/c1-15-10-21(26)20-12-23(28(4)22(20)11-15)25(30)27-17(3)18-6-8-19(9-7-18)35(31,32)14-24(29)34-13-16(2)33-5/h6-12,16-17H,13-14H2,1-5H3,(H,27,30)/t16-,17+/m0/s1. The number of carbonyl (C=O) groups excluding carboxylic acids is 2. The van der Waals surface area contributed by atoms with Crippen LogP contribution in [0.25, 0.3) is 10.9 Å². The van der Waals surface area contributed by atoms with Crippen LogP contribution in [-0.2, 0) is 31.2 Å². The zero-order chi connectivity index (χ0) is 25.9. The molecule has 0 radical (unpaired) electrons. The van der Waals surface area contributed by atoms with Crippen molar-refractivity contribution in [1.82, 2.24) is 9.88 Å². The summed E-state index contributed by atoms with van der Waals surface area (Å²) in [5, 5.41) is 4.31. The highest BCUT2D eigenvalue weighted by atomic mass is 35.5.